The Bertz CT molecular complexity index is 385. The van der Waals surface area contributed by atoms with E-state index in [4.69, 9.17) is 0 Å². The Hall–Kier alpha value is -1.32. The first-order valence-electron chi connectivity index (χ1n) is 7.98. The van der Waals surface area contributed by atoms with E-state index in [0.29, 0.717) is 18.2 Å². The molecule has 0 aromatic carbocycles. The van der Waals surface area contributed by atoms with Crippen molar-refractivity contribution >= 4 is 11.7 Å². The average molecular weight is 279 g/mol. The second kappa shape index (κ2) is 9.56. The van der Waals surface area contributed by atoms with E-state index in [0.717, 1.165) is 18.5 Å². The molecule has 1 amide bonds. The van der Waals surface area contributed by atoms with Crippen LogP contribution >= 0.6 is 0 Å². The van der Waals surface area contributed by atoms with Gasteiger partial charge in [-0.15, -0.1) is 0 Å². The van der Waals surface area contributed by atoms with Crippen molar-refractivity contribution in [2.45, 2.75) is 78.1 Å². The van der Waals surface area contributed by atoms with Crippen molar-refractivity contribution < 1.29 is 4.79 Å². The van der Waals surface area contributed by atoms with Crippen LogP contribution in [0, 0.1) is 0 Å². The van der Waals surface area contributed by atoms with Crippen LogP contribution in [0.4, 0.5) is 5.82 Å². The highest BCUT2D eigenvalue weighted by Crippen LogP contribution is 2.15. The van der Waals surface area contributed by atoms with Gasteiger partial charge in [0.2, 0.25) is 5.91 Å². The second-order valence-electron chi connectivity index (χ2n) is 5.78. The van der Waals surface area contributed by atoms with Gasteiger partial charge >= 0.3 is 0 Å². The lowest BCUT2D eigenvalue weighted by Gasteiger charge is -2.02. The molecular weight excluding hydrogens is 250 g/mol. The number of aromatic amines is 1. The molecule has 0 unspecified atom stereocenters. The summed E-state index contributed by atoms with van der Waals surface area (Å²) in [5.41, 5.74) is 1.05. The highest BCUT2D eigenvalue weighted by Gasteiger charge is 2.07. The van der Waals surface area contributed by atoms with Crippen molar-refractivity contribution in [1.29, 1.82) is 0 Å². The van der Waals surface area contributed by atoms with Gasteiger partial charge in [0.15, 0.2) is 5.82 Å². The Labute approximate surface area is 122 Å². The zero-order valence-corrected chi connectivity index (χ0v) is 13.2. The van der Waals surface area contributed by atoms with Crippen LogP contribution in [-0.2, 0) is 4.79 Å². The Kier molecular flexibility index (Phi) is 8.00. The molecule has 1 aromatic rings. The maximum Gasteiger partial charge on any atom is 0.225 e. The molecular formula is C16H29N3O. The lowest BCUT2D eigenvalue weighted by Crippen LogP contribution is -2.11. The molecule has 0 saturated heterocycles. The number of anilines is 1. The summed E-state index contributed by atoms with van der Waals surface area (Å²) in [6.07, 6.45) is 9.20. The molecule has 0 bridgehead atoms. The summed E-state index contributed by atoms with van der Waals surface area (Å²) >= 11 is 0. The van der Waals surface area contributed by atoms with Crippen LogP contribution < -0.4 is 5.32 Å². The van der Waals surface area contributed by atoms with E-state index in [1.54, 1.807) is 0 Å². The third-order valence-corrected chi connectivity index (χ3v) is 3.49. The van der Waals surface area contributed by atoms with Gasteiger partial charge in [0.1, 0.15) is 0 Å². The Morgan fingerprint density at radius 3 is 2.45 bits per heavy atom. The van der Waals surface area contributed by atoms with Gasteiger partial charge < -0.3 is 5.32 Å². The number of nitrogens with zero attached hydrogens (tertiary/aromatic N) is 1. The van der Waals surface area contributed by atoms with E-state index in [2.05, 4.69) is 36.3 Å². The molecule has 0 aliphatic heterocycles. The summed E-state index contributed by atoms with van der Waals surface area (Å²) in [5, 5.41) is 9.89. The van der Waals surface area contributed by atoms with Crippen LogP contribution in [0.1, 0.15) is 83.7 Å². The number of hydrogen-bond donors (Lipinski definition) is 2. The number of unbranched alkanes of at least 4 members (excludes halogenated alkanes) is 6. The number of aromatic nitrogens is 2. The van der Waals surface area contributed by atoms with Crippen molar-refractivity contribution in [1.82, 2.24) is 10.2 Å². The molecule has 0 atom stereocenters. The number of hydrogen-bond acceptors (Lipinski definition) is 2. The second-order valence-corrected chi connectivity index (χ2v) is 5.78. The van der Waals surface area contributed by atoms with E-state index in [1.165, 1.54) is 32.1 Å². The van der Waals surface area contributed by atoms with Crippen LogP contribution in [-0.4, -0.2) is 16.1 Å². The first kappa shape index (κ1) is 16.7. The highest BCUT2D eigenvalue weighted by molar-refractivity contribution is 5.89. The summed E-state index contributed by atoms with van der Waals surface area (Å²) in [6, 6.07) is 1.91. The molecule has 0 spiro atoms. The molecule has 20 heavy (non-hydrogen) atoms. The molecule has 0 radical (unpaired) electrons. The fraction of sp³-hybridized carbons (Fsp3) is 0.750. The van der Waals surface area contributed by atoms with Crippen LogP contribution in [0.25, 0.3) is 0 Å². The Morgan fingerprint density at radius 2 is 1.85 bits per heavy atom. The number of H-pyrrole nitrogens is 1. The van der Waals surface area contributed by atoms with E-state index in [9.17, 15) is 4.79 Å². The van der Waals surface area contributed by atoms with Crippen molar-refractivity contribution in [3.8, 4) is 0 Å². The average Bonchev–Trinajstić information content (AvgIpc) is 2.86. The van der Waals surface area contributed by atoms with E-state index in [-0.39, 0.29) is 5.91 Å². The van der Waals surface area contributed by atoms with Gasteiger partial charge in [0.25, 0.3) is 0 Å². The quantitative estimate of drug-likeness (QED) is 0.614. The molecule has 0 aliphatic carbocycles. The monoisotopic (exact) mass is 279 g/mol. The molecule has 1 aromatic heterocycles. The Balaban J connectivity index is 2.10. The summed E-state index contributed by atoms with van der Waals surface area (Å²) < 4.78 is 0. The highest BCUT2D eigenvalue weighted by atomic mass is 16.1. The lowest BCUT2D eigenvalue weighted by molar-refractivity contribution is -0.116. The van der Waals surface area contributed by atoms with Gasteiger partial charge in [-0.3, -0.25) is 9.89 Å². The maximum atomic E-state index is 11.8. The summed E-state index contributed by atoms with van der Waals surface area (Å²) in [4.78, 5) is 11.8. The minimum absolute atomic E-state index is 0.0698. The van der Waals surface area contributed by atoms with Crippen LogP contribution in [0.2, 0.25) is 0 Å². The van der Waals surface area contributed by atoms with Gasteiger partial charge in [-0.25, -0.2) is 0 Å². The summed E-state index contributed by atoms with van der Waals surface area (Å²) in [5.74, 6) is 1.11. The summed E-state index contributed by atoms with van der Waals surface area (Å²) in [7, 11) is 0. The van der Waals surface area contributed by atoms with E-state index in [1.807, 2.05) is 6.07 Å². The van der Waals surface area contributed by atoms with Crippen molar-refractivity contribution in [2.75, 3.05) is 5.32 Å². The fourth-order valence-corrected chi connectivity index (χ4v) is 2.14. The topological polar surface area (TPSA) is 57.8 Å². The molecule has 0 saturated carbocycles. The number of carbonyl (C=O) groups excluding carboxylic acids is 1. The van der Waals surface area contributed by atoms with Gasteiger partial charge in [-0.1, -0.05) is 59.3 Å². The van der Waals surface area contributed by atoms with Crippen LogP contribution in [0.5, 0.6) is 0 Å². The molecule has 1 rings (SSSR count). The normalized spacial score (nSPS) is 11.0. The molecule has 2 N–H and O–H groups in total. The number of amides is 1. The molecule has 4 heteroatoms. The van der Waals surface area contributed by atoms with Crippen LogP contribution in [0.3, 0.4) is 0 Å². The number of rotatable bonds is 10. The molecule has 114 valence electrons. The fourth-order valence-electron chi connectivity index (χ4n) is 2.14. The lowest BCUT2D eigenvalue weighted by atomic mass is 10.1. The van der Waals surface area contributed by atoms with Crippen molar-refractivity contribution in [3.63, 3.8) is 0 Å². The zero-order valence-electron chi connectivity index (χ0n) is 13.2. The third-order valence-electron chi connectivity index (χ3n) is 3.49. The first-order chi connectivity index (χ1) is 9.63. The molecule has 0 fully saturated rings. The molecule has 0 aliphatic rings. The van der Waals surface area contributed by atoms with Crippen molar-refractivity contribution in [2.24, 2.45) is 0 Å². The van der Waals surface area contributed by atoms with E-state index >= 15 is 0 Å². The smallest absolute Gasteiger partial charge is 0.225 e. The predicted molar refractivity (Wildman–Crippen MR) is 83.9 cm³/mol. The van der Waals surface area contributed by atoms with Gasteiger partial charge in [0, 0.05) is 18.2 Å². The Morgan fingerprint density at radius 1 is 1.20 bits per heavy atom. The zero-order chi connectivity index (χ0) is 14.8. The maximum absolute atomic E-state index is 11.8. The van der Waals surface area contributed by atoms with Crippen molar-refractivity contribution in [3.05, 3.63) is 11.8 Å². The molecule has 4 nitrogen and oxygen atoms in total. The molecule has 1 heterocycles. The van der Waals surface area contributed by atoms with Gasteiger partial charge in [-0.2, -0.15) is 5.10 Å². The summed E-state index contributed by atoms with van der Waals surface area (Å²) in [6.45, 7) is 6.42. The van der Waals surface area contributed by atoms with Crippen LogP contribution in [0.15, 0.2) is 6.07 Å². The van der Waals surface area contributed by atoms with E-state index < -0.39 is 0 Å². The SMILES string of the molecule is CCCCCCCCCC(=O)Nc1cc(C(C)C)[nH]n1. The number of carbonyl (C=O) groups is 1. The standard InChI is InChI=1S/C16H29N3O/c1-4-5-6-7-8-9-10-11-16(20)17-15-12-14(13(2)3)18-19-15/h12-13H,4-11H2,1-3H3,(H2,17,18,19,20). The third kappa shape index (κ3) is 6.73. The first-order valence-corrected chi connectivity index (χ1v) is 7.98. The minimum atomic E-state index is 0.0698. The minimum Gasteiger partial charge on any atom is -0.309 e. The largest absolute Gasteiger partial charge is 0.309 e. The number of nitrogens with one attached hydrogen (secondary N) is 2. The predicted octanol–water partition coefficient (Wildman–Crippen LogP) is 4.61. The van der Waals surface area contributed by atoms with Gasteiger partial charge in [-0.05, 0) is 12.3 Å². The van der Waals surface area contributed by atoms with Gasteiger partial charge in [0.05, 0.1) is 0 Å².